The fourth-order valence-corrected chi connectivity index (χ4v) is 2.24. The summed E-state index contributed by atoms with van der Waals surface area (Å²) in [7, 11) is 0. The molecule has 0 aromatic heterocycles. The van der Waals surface area contributed by atoms with Gasteiger partial charge in [0.25, 0.3) is 0 Å². The van der Waals surface area contributed by atoms with Gasteiger partial charge in [0.15, 0.2) is 0 Å². The molecule has 0 fully saturated rings. The van der Waals surface area contributed by atoms with Gasteiger partial charge in [-0.05, 0) is 32.3 Å². The van der Waals surface area contributed by atoms with Crippen LogP contribution in [0.15, 0.2) is 30.3 Å². The van der Waals surface area contributed by atoms with Crippen molar-refractivity contribution in [1.29, 1.82) is 0 Å². The molecule has 0 radical (unpaired) electrons. The Labute approximate surface area is 133 Å². The predicted octanol–water partition coefficient (Wildman–Crippen LogP) is 2.77. The predicted molar refractivity (Wildman–Crippen MR) is 89.5 cm³/mol. The van der Waals surface area contributed by atoms with E-state index >= 15 is 0 Å². The molecule has 0 aliphatic rings. The van der Waals surface area contributed by atoms with E-state index in [4.69, 9.17) is 0 Å². The van der Waals surface area contributed by atoms with Gasteiger partial charge in [0.1, 0.15) is 6.04 Å². The fraction of sp³-hybridized carbons (Fsp3) is 0.556. The quantitative estimate of drug-likeness (QED) is 0.803. The first kappa shape index (κ1) is 18.2. The minimum Gasteiger partial charge on any atom is -0.352 e. The summed E-state index contributed by atoms with van der Waals surface area (Å²) in [6.07, 6.45) is 2.05. The first-order chi connectivity index (χ1) is 10.5. The number of rotatable bonds is 8. The molecule has 2 atom stereocenters. The van der Waals surface area contributed by atoms with Gasteiger partial charge in [0.2, 0.25) is 11.8 Å². The van der Waals surface area contributed by atoms with Crippen molar-refractivity contribution in [2.75, 3.05) is 6.54 Å². The lowest BCUT2D eigenvalue weighted by molar-refractivity contribution is -0.139. The third-order valence-electron chi connectivity index (χ3n) is 3.95. The summed E-state index contributed by atoms with van der Waals surface area (Å²) in [5.41, 5.74) is 1.17. The number of hydrogen-bond acceptors (Lipinski definition) is 2. The van der Waals surface area contributed by atoms with Crippen molar-refractivity contribution in [3.8, 4) is 0 Å². The summed E-state index contributed by atoms with van der Waals surface area (Å²) in [5, 5.41) is 2.95. The molecule has 0 heterocycles. The monoisotopic (exact) mass is 304 g/mol. The van der Waals surface area contributed by atoms with Gasteiger partial charge < -0.3 is 10.2 Å². The molecule has 22 heavy (non-hydrogen) atoms. The van der Waals surface area contributed by atoms with Gasteiger partial charge in [-0.25, -0.2) is 0 Å². The largest absolute Gasteiger partial charge is 0.352 e. The first-order valence-electron chi connectivity index (χ1n) is 8.13. The van der Waals surface area contributed by atoms with Crippen molar-refractivity contribution < 1.29 is 9.59 Å². The van der Waals surface area contributed by atoms with Crippen molar-refractivity contribution >= 4 is 11.8 Å². The van der Waals surface area contributed by atoms with E-state index in [2.05, 4.69) is 5.32 Å². The van der Waals surface area contributed by atoms with Crippen LogP contribution < -0.4 is 5.32 Å². The highest BCUT2D eigenvalue weighted by molar-refractivity contribution is 5.87. The van der Waals surface area contributed by atoms with E-state index < -0.39 is 6.04 Å². The maximum atomic E-state index is 12.3. The Morgan fingerprint density at radius 1 is 1.14 bits per heavy atom. The Bertz CT molecular complexity index is 473. The minimum atomic E-state index is -0.440. The van der Waals surface area contributed by atoms with Crippen molar-refractivity contribution in [2.45, 2.75) is 59.0 Å². The van der Waals surface area contributed by atoms with E-state index in [9.17, 15) is 9.59 Å². The highest BCUT2D eigenvalue weighted by Crippen LogP contribution is 2.08. The number of nitrogens with one attached hydrogen (secondary N) is 1. The van der Waals surface area contributed by atoms with Crippen molar-refractivity contribution in [3.63, 3.8) is 0 Å². The molecule has 1 rings (SSSR count). The zero-order chi connectivity index (χ0) is 16.5. The van der Waals surface area contributed by atoms with Crippen LogP contribution >= 0.6 is 0 Å². The van der Waals surface area contributed by atoms with Crippen LogP contribution in [0.5, 0.6) is 0 Å². The Kier molecular flexibility index (Phi) is 7.64. The van der Waals surface area contributed by atoms with Crippen LogP contribution in [-0.2, 0) is 16.0 Å². The lowest BCUT2D eigenvalue weighted by Crippen LogP contribution is -2.50. The average Bonchev–Trinajstić information content (AvgIpc) is 2.55. The van der Waals surface area contributed by atoms with Crippen LogP contribution in [0, 0.1) is 0 Å². The Hall–Kier alpha value is -1.84. The van der Waals surface area contributed by atoms with Crippen LogP contribution in [0.3, 0.4) is 0 Å². The third-order valence-corrected chi connectivity index (χ3v) is 3.95. The summed E-state index contributed by atoms with van der Waals surface area (Å²) in [6.45, 7) is 8.19. The molecule has 0 saturated heterocycles. The van der Waals surface area contributed by atoms with Crippen molar-refractivity contribution in [3.05, 3.63) is 35.9 Å². The summed E-state index contributed by atoms with van der Waals surface area (Å²) in [5.74, 6) is -0.0630. The standard InChI is InChI=1S/C18H28N2O2/c1-5-14(3)19-18(22)15(4)20(17(21)6-2)13-12-16-10-8-7-9-11-16/h7-11,14-15H,5-6,12-13H2,1-4H3,(H,19,22)/t14-,15-/m0/s1. The maximum Gasteiger partial charge on any atom is 0.242 e. The molecular weight excluding hydrogens is 276 g/mol. The van der Waals surface area contributed by atoms with Crippen LogP contribution in [0.2, 0.25) is 0 Å². The van der Waals surface area contributed by atoms with E-state index in [1.54, 1.807) is 11.8 Å². The number of hydrogen-bond donors (Lipinski definition) is 1. The van der Waals surface area contributed by atoms with E-state index in [1.165, 1.54) is 5.56 Å². The second-order valence-electron chi connectivity index (χ2n) is 5.67. The molecule has 4 heteroatoms. The topological polar surface area (TPSA) is 49.4 Å². The Balaban J connectivity index is 2.71. The van der Waals surface area contributed by atoms with Crippen LogP contribution in [-0.4, -0.2) is 35.3 Å². The Morgan fingerprint density at radius 2 is 1.77 bits per heavy atom. The summed E-state index contributed by atoms with van der Waals surface area (Å²) >= 11 is 0. The molecule has 2 amide bonds. The van der Waals surface area contributed by atoms with E-state index in [1.807, 2.05) is 51.1 Å². The molecule has 4 nitrogen and oxygen atoms in total. The van der Waals surface area contributed by atoms with E-state index in [0.29, 0.717) is 13.0 Å². The molecule has 0 unspecified atom stereocenters. The summed E-state index contributed by atoms with van der Waals surface area (Å²) in [6, 6.07) is 9.71. The number of amides is 2. The van der Waals surface area contributed by atoms with Gasteiger partial charge >= 0.3 is 0 Å². The lowest BCUT2D eigenvalue weighted by atomic mass is 10.1. The third kappa shape index (κ3) is 5.51. The molecule has 0 aliphatic carbocycles. The molecule has 0 saturated carbocycles. The minimum absolute atomic E-state index is 0.0164. The van der Waals surface area contributed by atoms with Gasteiger partial charge in [-0.1, -0.05) is 44.2 Å². The van der Waals surface area contributed by atoms with Crippen molar-refractivity contribution in [2.24, 2.45) is 0 Å². The summed E-state index contributed by atoms with van der Waals surface area (Å²) in [4.78, 5) is 26.1. The maximum absolute atomic E-state index is 12.3. The highest BCUT2D eigenvalue weighted by atomic mass is 16.2. The molecule has 122 valence electrons. The second-order valence-corrected chi connectivity index (χ2v) is 5.67. The van der Waals surface area contributed by atoms with Gasteiger partial charge in [-0.3, -0.25) is 9.59 Å². The molecule has 0 spiro atoms. The zero-order valence-corrected chi connectivity index (χ0v) is 14.1. The smallest absolute Gasteiger partial charge is 0.242 e. The second kappa shape index (κ2) is 9.23. The van der Waals surface area contributed by atoms with Crippen molar-refractivity contribution in [1.82, 2.24) is 10.2 Å². The van der Waals surface area contributed by atoms with Gasteiger partial charge in [-0.2, -0.15) is 0 Å². The average molecular weight is 304 g/mol. The molecular formula is C18H28N2O2. The fourth-order valence-electron chi connectivity index (χ4n) is 2.24. The number of carbonyl (C=O) groups excluding carboxylic acids is 2. The number of carbonyl (C=O) groups is 2. The normalized spacial score (nSPS) is 13.3. The van der Waals surface area contributed by atoms with Gasteiger partial charge in [0.05, 0.1) is 0 Å². The van der Waals surface area contributed by atoms with Crippen LogP contribution in [0.25, 0.3) is 0 Å². The highest BCUT2D eigenvalue weighted by Gasteiger charge is 2.25. The molecule has 1 N–H and O–H groups in total. The summed E-state index contributed by atoms with van der Waals surface area (Å²) < 4.78 is 0. The van der Waals surface area contributed by atoms with E-state index in [0.717, 1.165) is 12.8 Å². The SMILES string of the molecule is CCC(=O)N(CCc1ccccc1)[C@@H](C)C(=O)N[C@@H](C)CC. The van der Waals surface area contributed by atoms with Crippen LogP contribution in [0.1, 0.15) is 46.1 Å². The Morgan fingerprint density at radius 3 is 2.32 bits per heavy atom. The van der Waals surface area contributed by atoms with E-state index in [-0.39, 0.29) is 17.9 Å². The van der Waals surface area contributed by atoms with Gasteiger partial charge in [-0.15, -0.1) is 0 Å². The van der Waals surface area contributed by atoms with Gasteiger partial charge in [0, 0.05) is 19.0 Å². The molecule has 1 aromatic rings. The molecule has 0 bridgehead atoms. The number of nitrogens with zero attached hydrogens (tertiary/aromatic N) is 1. The van der Waals surface area contributed by atoms with Crippen LogP contribution in [0.4, 0.5) is 0 Å². The molecule has 0 aliphatic heterocycles. The lowest BCUT2D eigenvalue weighted by Gasteiger charge is -2.29. The zero-order valence-electron chi connectivity index (χ0n) is 14.1. The molecule has 1 aromatic carbocycles. The first-order valence-corrected chi connectivity index (χ1v) is 8.13. The number of benzene rings is 1.